The highest BCUT2D eigenvalue weighted by Crippen LogP contribution is 2.23. The van der Waals surface area contributed by atoms with Crippen LogP contribution in [-0.4, -0.2) is 56.9 Å². The smallest absolute Gasteiger partial charge is 0.262 e. The first kappa shape index (κ1) is 19.6. The van der Waals surface area contributed by atoms with Crippen molar-refractivity contribution in [2.24, 2.45) is 0 Å². The maximum atomic E-state index is 12.5. The van der Waals surface area contributed by atoms with Crippen LogP contribution in [0.25, 0.3) is 0 Å². The van der Waals surface area contributed by atoms with E-state index in [0.717, 1.165) is 21.1 Å². The summed E-state index contributed by atoms with van der Waals surface area (Å²) in [7, 11) is 5.60. The Morgan fingerprint density at radius 2 is 1.61 bits per heavy atom. The molecule has 0 saturated carbocycles. The van der Waals surface area contributed by atoms with E-state index in [9.17, 15) is 14.4 Å². The van der Waals surface area contributed by atoms with Crippen LogP contribution in [0.1, 0.15) is 32.3 Å². The highest BCUT2D eigenvalue weighted by atomic mass is 16.5. The van der Waals surface area contributed by atoms with Crippen LogP contribution in [0.15, 0.2) is 48.5 Å². The van der Waals surface area contributed by atoms with Gasteiger partial charge >= 0.3 is 0 Å². The van der Waals surface area contributed by atoms with Gasteiger partial charge in [-0.05, 0) is 24.3 Å². The minimum Gasteiger partial charge on any atom is -0.496 e. The first-order chi connectivity index (χ1) is 13.4. The molecule has 0 saturated heterocycles. The van der Waals surface area contributed by atoms with E-state index in [0.29, 0.717) is 17.7 Å². The summed E-state index contributed by atoms with van der Waals surface area (Å²) in [6.45, 7) is 0.0540. The molecule has 0 spiro atoms. The molecule has 3 amide bonds. The van der Waals surface area contributed by atoms with E-state index in [-0.39, 0.29) is 18.5 Å². The zero-order chi connectivity index (χ0) is 20.3. The molecule has 7 nitrogen and oxygen atoms in total. The zero-order valence-electron chi connectivity index (χ0n) is 16.2. The highest BCUT2D eigenvalue weighted by molar-refractivity contribution is 6.22. The molecular formula is C21H24N3O4+. The minimum atomic E-state index is -0.435. The summed E-state index contributed by atoms with van der Waals surface area (Å²) in [6, 6.07) is 14.2. The summed E-state index contributed by atoms with van der Waals surface area (Å²) >= 11 is 0. The molecule has 1 aliphatic heterocycles. The fourth-order valence-electron chi connectivity index (χ4n) is 3.38. The topological polar surface area (TPSA) is 80.2 Å². The average Bonchev–Trinajstić information content (AvgIpc) is 2.93. The lowest BCUT2D eigenvalue weighted by Crippen LogP contribution is -3.07. The molecular weight excluding hydrogens is 358 g/mol. The molecule has 146 valence electrons. The molecule has 2 N–H and O–H groups in total. The molecule has 0 fully saturated rings. The van der Waals surface area contributed by atoms with Crippen molar-refractivity contribution in [3.8, 4) is 5.75 Å². The third-order valence-corrected chi connectivity index (χ3v) is 4.89. The SMILES string of the molecule is COc1ccccc1[C@@H](CNC(=O)CN1C(=O)c2ccccc2C1=O)[NH+](C)C. The summed E-state index contributed by atoms with van der Waals surface area (Å²) in [6.07, 6.45) is 0. The van der Waals surface area contributed by atoms with Crippen molar-refractivity contribution in [1.82, 2.24) is 10.2 Å². The fourth-order valence-corrected chi connectivity index (χ4v) is 3.38. The standard InChI is InChI=1S/C21H23N3O4/c1-23(2)17(16-10-6-7-11-18(16)28-3)12-22-19(25)13-24-20(26)14-8-4-5-9-15(14)21(24)27/h4-11,17H,12-13H2,1-3H3,(H,22,25)/p+1/t17-/m1/s1. The molecule has 1 atom stereocenters. The number of nitrogens with one attached hydrogen (secondary N) is 2. The second kappa shape index (κ2) is 8.22. The number of ether oxygens (including phenoxy) is 1. The van der Waals surface area contributed by atoms with Crippen LogP contribution in [0.3, 0.4) is 0 Å². The number of quaternary nitrogens is 1. The number of likely N-dealkylation sites (N-methyl/N-ethyl adjacent to an activating group) is 1. The first-order valence-corrected chi connectivity index (χ1v) is 9.09. The Labute approximate surface area is 163 Å². The largest absolute Gasteiger partial charge is 0.496 e. The molecule has 3 rings (SSSR count). The zero-order valence-corrected chi connectivity index (χ0v) is 16.2. The monoisotopic (exact) mass is 382 g/mol. The number of methoxy groups -OCH3 is 1. The van der Waals surface area contributed by atoms with E-state index >= 15 is 0 Å². The van der Waals surface area contributed by atoms with Crippen LogP contribution in [0.5, 0.6) is 5.75 Å². The molecule has 0 aliphatic carbocycles. The van der Waals surface area contributed by atoms with E-state index in [1.807, 2.05) is 38.4 Å². The van der Waals surface area contributed by atoms with E-state index in [2.05, 4.69) is 5.32 Å². The lowest BCUT2D eigenvalue weighted by molar-refractivity contribution is -0.890. The van der Waals surface area contributed by atoms with Crippen molar-refractivity contribution in [3.63, 3.8) is 0 Å². The maximum absolute atomic E-state index is 12.5. The van der Waals surface area contributed by atoms with Crippen LogP contribution >= 0.6 is 0 Å². The number of para-hydroxylation sites is 1. The summed E-state index contributed by atoms with van der Waals surface area (Å²) in [5.74, 6) is -0.496. The number of carbonyl (C=O) groups excluding carboxylic acids is 3. The van der Waals surface area contributed by atoms with E-state index in [1.54, 1.807) is 31.4 Å². The number of amides is 3. The maximum Gasteiger partial charge on any atom is 0.262 e. The van der Waals surface area contributed by atoms with Gasteiger partial charge in [0.25, 0.3) is 11.8 Å². The molecule has 1 aliphatic rings. The van der Waals surface area contributed by atoms with Crippen molar-refractivity contribution < 1.29 is 24.0 Å². The van der Waals surface area contributed by atoms with Gasteiger partial charge in [-0.3, -0.25) is 19.3 Å². The fraction of sp³-hybridized carbons (Fsp3) is 0.286. The summed E-state index contributed by atoms with van der Waals surface area (Å²) in [5.41, 5.74) is 1.65. The molecule has 2 aromatic carbocycles. The molecule has 0 radical (unpaired) electrons. The number of hydrogen-bond donors (Lipinski definition) is 2. The Morgan fingerprint density at radius 3 is 2.18 bits per heavy atom. The van der Waals surface area contributed by atoms with E-state index in [4.69, 9.17) is 4.74 Å². The van der Waals surface area contributed by atoms with Crippen molar-refractivity contribution >= 4 is 17.7 Å². The summed E-state index contributed by atoms with van der Waals surface area (Å²) < 4.78 is 5.43. The number of benzene rings is 2. The number of carbonyl (C=O) groups is 3. The molecule has 28 heavy (non-hydrogen) atoms. The molecule has 7 heteroatoms. The Balaban J connectivity index is 1.66. The molecule has 0 bridgehead atoms. The van der Waals surface area contributed by atoms with Gasteiger partial charge in [0.05, 0.1) is 44.4 Å². The molecule has 2 aromatic rings. The molecule has 0 aromatic heterocycles. The lowest BCUT2D eigenvalue weighted by Gasteiger charge is -2.24. The van der Waals surface area contributed by atoms with Gasteiger partial charge < -0.3 is 15.0 Å². The van der Waals surface area contributed by atoms with Crippen molar-refractivity contribution in [3.05, 3.63) is 65.2 Å². The highest BCUT2D eigenvalue weighted by Gasteiger charge is 2.36. The van der Waals surface area contributed by atoms with Crippen LogP contribution in [-0.2, 0) is 4.79 Å². The van der Waals surface area contributed by atoms with Crippen LogP contribution in [0, 0.1) is 0 Å². The van der Waals surface area contributed by atoms with Gasteiger partial charge in [0.15, 0.2) is 0 Å². The number of hydrogen-bond acceptors (Lipinski definition) is 4. The Morgan fingerprint density at radius 1 is 1.04 bits per heavy atom. The quantitative estimate of drug-likeness (QED) is 0.675. The predicted molar refractivity (Wildman–Crippen MR) is 103 cm³/mol. The predicted octanol–water partition coefficient (Wildman–Crippen LogP) is 0.293. The summed E-state index contributed by atoms with van der Waals surface area (Å²) in [4.78, 5) is 39.4. The van der Waals surface area contributed by atoms with Crippen molar-refractivity contribution in [2.75, 3.05) is 34.3 Å². The number of fused-ring (bicyclic) bond motifs is 1. The van der Waals surface area contributed by atoms with Gasteiger partial charge in [-0.25, -0.2) is 0 Å². The molecule has 1 heterocycles. The molecule has 0 unspecified atom stereocenters. The van der Waals surface area contributed by atoms with Crippen LogP contribution in [0.2, 0.25) is 0 Å². The average molecular weight is 382 g/mol. The third-order valence-electron chi connectivity index (χ3n) is 4.89. The van der Waals surface area contributed by atoms with Crippen LogP contribution in [0.4, 0.5) is 0 Å². The normalized spacial score (nSPS) is 14.2. The first-order valence-electron chi connectivity index (χ1n) is 9.09. The van der Waals surface area contributed by atoms with Crippen molar-refractivity contribution in [2.45, 2.75) is 6.04 Å². The second-order valence-corrected chi connectivity index (χ2v) is 6.92. The van der Waals surface area contributed by atoms with Gasteiger partial charge in [0.2, 0.25) is 5.91 Å². The van der Waals surface area contributed by atoms with Gasteiger partial charge in [0, 0.05) is 0 Å². The third kappa shape index (κ3) is 3.75. The number of imide groups is 1. The minimum absolute atomic E-state index is 0.0396. The number of rotatable bonds is 7. The van der Waals surface area contributed by atoms with Gasteiger partial charge in [-0.15, -0.1) is 0 Å². The Bertz CT molecular complexity index is 875. The van der Waals surface area contributed by atoms with Gasteiger partial charge in [-0.2, -0.15) is 0 Å². The van der Waals surface area contributed by atoms with Gasteiger partial charge in [0.1, 0.15) is 18.3 Å². The second-order valence-electron chi connectivity index (χ2n) is 6.92. The van der Waals surface area contributed by atoms with E-state index in [1.165, 1.54) is 0 Å². The summed E-state index contributed by atoms with van der Waals surface area (Å²) in [5, 5.41) is 2.85. The lowest BCUT2D eigenvalue weighted by atomic mass is 10.0. The van der Waals surface area contributed by atoms with Gasteiger partial charge in [-0.1, -0.05) is 24.3 Å². The number of nitrogens with zero attached hydrogens (tertiary/aromatic N) is 1. The van der Waals surface area contributed by atoms with E-state index < -0.39 is 11.8 Å². The van der Waals surface area contributed by atoms with Crippen LogP contribution < -0.4 is 15.0 Å². The van der Waals surface area contributed by atoms with Crippen molar-refractivity contribution in [1.29, 1.82) is 0 Å². The Hall–Kier alpha value is -3.19. The Kier molecular flexibility index (Phi) is 5.75.